The van der Waals surface area contributed by atoms with Gasteiger partial charge in [0.05, 0.1) is 0 Å². The van der Waals surface area contributed by atoms with Crippen molar-refractivity contribution in [1.29, 1.82) is 0 Å². The minimum absolute atomic E-state index is 0.170. The lowest BCUT2D eigenvalue weighted by molar-refractivity contribution is -0.121. The summed E-state index contributed by atoms with van der Waals surface area (Å²) in [6, 6.07) is 10.5. The largest absolute Gasteiger partial charge is 0.300 e. The van der Waals surface area contributed by atoms with Gasteiger partial charge >= 0.3 is 0 Å². The number of Topliss-reactive ketones (excluding diaryl/α,β-unsaturated/α-hetero) is 1. The fraction of sp³-hybridized carbons (Fsp3) is 0.562. The van der Waals surface area contributed by atoms with Crippen LogP contribution in [0.2, 0.25) is 0 Å². The lowest BCUT2D eigenvalue weighted by Crippen LogP contribution is -2.20. The van der Waals surface area contributed by atoms with Crippen molar-refractivity contribution >= 4 is 5.78 Å². The Morgan fingerprint density at radius 1 is 1.18 bits per heavy atom. The highest BCUT2D eigenvalue weighted by Gasteiger charge is 2.24. The number of hydrogen-bond acceptors (Lipinski definition) is 1. The van der Waals surface area contributed by atoms with Crippen LogP contribution in [0.15, 0.2) is 30.3 Å². The minimum Gasteiger partial charge on any atom is -0.300 e. The second kappa shape index (κ2) is 6.58. The summed E-state index contributed by atoms with van der Waals surface area (Å²) in [4.78, 5) is 11.6. The van der Waals surface area contributed by atoms with Gasteiger partial charge in [-0.3, -0.25) is 4.79 Å². The molecule has 0 saturated carbocycles. The molecule has 1 aromatic carbocycles. The standard InChI is InChI=1S/C16H24O/c1-4-15(17)13-16(3,5-2)12-11-14-9-7-6-8-10-14/h6-10H,4-5,11-13H2,1-3H3. The van der Waals surface area contributed by atoms with E-state index in [4.69, 9.17) is 0 Å². The number of ketones is 1. The van der Waals surface area contributed by atoms with Gasteiger partial charge in [-0.25, -0.2) is 0 Å². The Morgan fingerprint density at radius 2 is 1.82 bits per heavy atom. The van der Waals surface area contributed by atoms with E-state index in [0.717, 1.165) is 25.7 Å². The van der Waals surface area contributed by atoms with Crippen LogP contribution in [-0.4, -0.2) is 5.78 Å². The monoisotopic (exact) mass is 232 g/mol. The topological polar surface area (TPSA) is 17.1 Å². The summed E-state index contributed by atoms with van der Waals surface area (Å²) in [5, 5.41) is 0. The van der Waals surface area contributed by atoms with Crippen molar-refractivity contribution in [3.8, 4) is 0 Å². The number of carbonyl (C=O) groups excluding carboxylic acids is 1. The van der Waals surface area contributed by atoms with Crippen molar-refractivity contribution in [2.75, 3.05) is 0 Å². The number of aryl methyl sites for hydroxylation is 1. The molecule has 0 fully saturated rings. The highest BCUT2D eigenvalue weighted by molar-refractivity contribution is 5.78. The van der Waals surface area contributed by atoms with Crippen LogP contribution in [-0.2, 0) is 11.2 Å². The van der Waals surface area contributed by atoms with Gasteiger partial charge in [0.1, 0.15) is 5.78 Å². The molecule has 0 N–H and O–H groups in total. The average molecular weight is 232 g/mol. The third kappa shape index (κ3) is 4.72. The molecule has 0 aliphatic carbocycles. The Kier molecular flexibility index (Phi) is 5.40. The van der Waals surface area contributed by atoms with E-state index in [0.29, 0.717) is 12.2 Å². The maximum Gasteiger partial charge on any atom is 0.133 e. The first kappa shape index (κ1) is 14.0. The molecule has 0 aliphatic heterocycles. The first-order chi connectivity index (χ1) is 8.09. The van der Waals surface area contributed by atoms with E-state index in [-0.39, 0.29) is 5.41 Å². The molecule has 17 heavy (non-hydrogen) atoms. The third-order valence-corrected chi connectivity index (χ3v) is 3.73. The predicted molar refractivity (Wildman–Crippen MR) is 73.1 cm³/mol. The van der Waals surface area contributed by atoms with Crippen LogP contribution in [0, 0.1) is 5.41 Å². The van der Waals surface area contributed by atoms with E-state index in [1.165, 1.54) is 5.56 Å². The Labute approximate surface area is 105 Å². The molecule has 1 atom stereocenters. The van der Waals surface area contributed by atoms with Crippen molar-refractivity contribution in [2.45, 2.75) is 52.9 Å². The summed E-state index contributed by atoms with van der Waals surface area (Å²) >= 11 is 0. The molecule has 1 aromatic rings. The molecule has 1 unspecified atom stereocenters. The summed E-state index contributed by atoms with van der Waals surface area (Å²) in [5.74, 6) is 0.391. The molecule has 0 bridgehead atoms. The lowest BCUT2D eigenvalue weighted by Gasteiger charge is -2.27. The molecule has 0 heterocycles. The van der Waals surface area contributed by atoms with Crippen molar-refractivity contribution in [3.05, 3.63) is 35.9 Å². The van der Waals surface area contributed by atoms with Gasteiger partial charge in [-0.2, -0.15) is 0 Å². The van der Waals surface area contributed by atoms with Crippen molar-refractivity contribution in [2.24, 2.45) is 5.41 Å². The van der Waals surface area contributed by atoms with Gasteiger partial charge in [0.15, 0.2) is 0 Å². The van der Waals surface area contributed by atoms with Crippen LogP contribution in [0.1, 0.15) is 52.0 Å². The first-order valence-corrected chi connectivity index (χ1v) is 6.65. The van der Waals surface area contributed by atoms with Gasteiger partial charge in [-0.15, -0.1) is 0 Å². The number of rotatable bonds is 7. The second-order valence-electron chi connectivity index (χ2n) is 5.22. The molecule has 0 radical (unpaired) electrons. The van der Waals surface area contributed by atoms with Crippen LogP contribution in [0.3, 0.4) is 0 Å². The van der Waals surface area contributed by atoms with Crippen LogP contribution >= 0.6 is 0 Å². The zero-order valence-corrected chi connectivity index (χ0v) is 11.3. The van der Waals surface area contributed by atoms with Crippen molar-refractivity contribution in [3.63, 3.8) is 0 Å². The van der Waals surface area contributed by atoms with Gasteiger partial charge in [-0.05, 0) is 23.8 Å². The van der Waals surface area contributed by atoms with Crippen molar-refractivity contribution in [1.82, 2.24) is 0 Å². The molecule has 0 amide bonds. The molecule has 94 valence electrons. The molecule has 1 heteroatoms. The van der Waals surface area contributed by atoms with Crippen LogP contribution < -0.4 is 0 Å². The molecule has 0 spiro atoms. The Bertz CT molecular complexity index is 342. The summed E-state index contributed by atoms with van der Waals surface area (Å²) < 4.78 is 0. The van der Waals surface area contributed by atoms with Crippen LogP contribution in [0.5, 0.6) is 0 Å². The summed E-state index contributed by atoms with van der Waals surface area (Å²) in [7, 11) is 0. The molecular formula is C16H24O. The molecule has 1 nitrogen and oxygen atoms in total. The fourth-order valence-electron chi connectivity index (χ4n) is 2.08. The minimum atomic E-state index is 0.170. The zero-order valence-electron chi connectivity index (χ0n) is 11.3. The van der Waals surface area contributed by atoms with Crippen molar-refractivity contribution < 1.29 is 4.79 Å². The van der Waals surface area contributed by atoms with E-state index in [1.807, 2.05) is 13.0 Å². The van der Waals surface area contributed by atoms with E-state index >= 15 is 0 Å². The summed E-state index contributed by atoms with van der Waals surface area (Å²) in [6.45, 7) is 6.38. The molecular weight excluding hydrogens is 208 g/mol. The summed E-state index contributed by atoms with van der Waals surface area (Å²) in [6.07, 6.45) is 4.64. The van der Waals surface area contributed by atoms with Gasteiger partial charge in [0, 0.05) is 12.8 Å². The van der Waals surface area contributed by atoms with E-state index in [1.54, 1.807) is 0 Å². The van der Waals surface area contributed by atoms with Crippen LogP contribution in [0.25, 0.3) is 0 Å². The predicted octanol–water partition coefficient (Wildman–Crippen LogP) is 4.40. The van der Waals surface area contributed by atoms with E-state index in [9.17, 15) is 4.79 Å². The van der Waals surface area contributed by atoms with Crippen LogP contribution in [0.4, 0.5) is 0 Å². The first-order valence-electron chi connectivity index (χ1n) is 6.65. The Balaban J connectivity index is 2.54. The third-order valence-electron chi connectivity index (χ3n) is 3.73. The van der Waals surface area contributed by atoms with Gasteiger partial charge in [0.2, 0.25) is 0 Å². The number of carbonyl (C=O) groups is 1. The van der Waals surface area contributed by atoms with Gasteiger partial charge < -0.3 is 0 Å². The highest BCUT2D eigenvalue weighted by atomic mass is 16.1. The van der Waals surface area contributed by atoms with E-state index in [2.05, 4.69) is 38.1 Å². The number of hydrogen-bond donors (Lipinski definition) is 0. The normalized spacial score (nSPS) is 14.3. The SMILES string of the molecule is CCC(=O)CC(C)(CC)CCc1ccccc1. The molecule has 0 aliphatic rings. The lowest BCUT2D eigenvalue weighted by atomic mass is 9.77. The smallest absolute Gasteiger partial charge is 0.133 e. The maximum absolute atomic E-state index is 11.6. The van der Waals surface area contributed by atoms with Gasteiger partial charge in [0.25, 0.3) is 0 Å². The Morgan fingerprint density at radius 3 is 2.35 bits per heavy atom. The number of benzene rings is 1. The fourth-order valence-corrected chi connectivity index (χ4v) is 2.08. The summed E-state index contributed by atoms with van der Waals surface area (Å²) in [5.41, 5.74) is 1.54. The highest BCUT2D eigenvalue weighted by Crippen LogP contribution is 2.32. The second-order valence-corrected chi connectivity index (χ2v) is 5.22. The molecule has 0 aromatic heterocycles. The zero-order chi connectivity index (χ0) is 12.7. The molecule has 0 saturated heterocycles. The maximum atomic E-state index is 11.6. The molecule has 1 rings (SSSR count). The quantitative estimate of drug-likeness (QED) is 0.680. The Hall–Kier alpha value is -1.11. The average Bonchev–Trinajstić information content (AvgIpc) is 2.37. The van der Waals surface area contributed by atoms with E-state index < -0.39 is 0 Å². The van der Waals surface area contributed by atoms with Gasteiger partial charge in [-0.1, -0.05) is 57.5 Å².